The summed E-state index contributed by atoms with van der Waals surface area (Å²) in [6.07, 6.45) is 4.84. The van der Waals surface area contributed by atoms with Crippen LogP contribution in [0.3, 0.4) is 0 Å². The molecule has 0 aromatic carbocycles. The SMILES string of the molecule is CCC1CCC(N2CCC(=O)C(C)C2)C1C. The molecular weight excluding hydrogens is 198 g/mol. The summed E-state index contributed by atoms with van der Waals surface area (Å²) in [6.45, 7) is 8.82. The number of nitrogens with zero attached hydrogens (tertiary/aromatic N) is 1. The number of hydrogen-bond donors (Lipinski definition) is 0. The molecule has 0 amide bonds. The lowest BCUT2D eigenvalue weighted by Crippen LogP contribution is -2.46. The van der Waals surface area contributed by atoms with Crippen LogP contribution >= 0.6 is 0 Å². The summed E-state index contributed by atoms with van der Waals surface area (Å²) in [5.41, 5.74) is 0. The minimum absolute atomic E-state index is 0.265. The topological polar surface area (TPSA) is 20.3 Å². The van der Waals surface area contributed by atoms with E-state index < -0.39 is 0 Å². The van der Waals surface area contributed by atoms with E-state index in [-0.39, 0.29) is 5.92 Å². The van der Waals surface area contributed by atoms with Gasteiger partial charge in [-0.2, -0.15) is 0 Å². The van der Waals surface area contributed by atoms with Gasteiger partial charge in [-0.05, 0) is 24.7 Å². The van der Waals surface area contributed by atoms with Crippen LogP contribution in [0, 0.1) is 17.8 Å². The van der Waals surface area contributed by atoms with Gasteiger partial charge in [0.25, 0.3) is 0 Å². The summed E-state index contributed by atoms with van der Waals surface area (Å²) in [7, 11) is 0. The van der Waals surface area contributed by atoms with Gasteiger partial charge in [0.2, 0.25) is 0 Å². The fraction of sp³-hybridized carbons (Fsp3) is 0.929. The Balaban J connectivity index is 1.96. The van der Waals surface area contributed by atoms with Gasteiger partial charge in [-0.15, -0.1) is 0 Å². The van der Waals surface area contributed by atoms with E-state index in [9.17, 15) is 4.79 Å². The molecule has 4 unspecified atom stereocenters. The molecule has 1 heterocycles. The highest BCUT2D eigenvalue weighted by Crippen LogP contribution is 2.37. The molecule has 2 fully saturated rings. The van der Waals surface area contributed by atoms with Crippen molar-refractivity contribution in [2.75, 3.05) is 13.1 Å². The van der Waals surface area contributed by atoms with Gasteiger partial charge in [-0.25, -0.2) is 0 Å². The van der Waals surface area contributed by atoms with Gasteiger partial charge in [-0.3, -0.25) is 9.69 Å². The molecule has 1 aliphatic carbocycles. The number of ketones is 1. The van der Waals surface area contributed by atoms with Crippen molar-refractivity contribution >= 4 is 5.78 Å². The first-order chi connectivity index (χ1) is 7.63. The average Bonchev–Trinajstić information content (AvgIpc) is 2.64. The third-order valence-electron chi connectivity index (χ3n) is 4.88. The highest BCUT2D eigenvalue weighted by atomic mass is 16.1. The maximum absolute atomic E-state index is 11.5. The highest BCUT2D eigenvalue weighted by molar-refractivity contribution is 5.81. The smallest absolute Gasteiger partial charge is 0.138 e. The zero-order chi connectivity index (χ0) is 11.7. The molecule has 1 saturated heterocycles. The maximum atomic E-state index is 11.5. The van der Waals surface area contributed by atoms with Gasteiger partial charge < -0.3 is 0 Å². The van der Waals surface area contributed by atoms with Crippen LogP contribution in [-0.2, 0) is 4.79 Å². The van der Waals surface area contributed by atoms with Crippen molar-refractivity contribution in [2.24, 2.45) is 17.8 Å². The van der Waals surface area contributed by atoms with Gasteiger partial charge in [0.05, 0.1) is 0 Å². The molecule has 0 aromatic rings. The molecule has 2 nitrogen and oxygen atoms in total. The quantitative estimate of drug-likeness (QED) is 0.717. The lowest BCUT2D eigenvalue weighted by molar-refractivity contribution is -0.126. The van der Waals surface area contributed by atoms with Crippen LogP contribution in [-0.4, -0.2) is 29.8 Å². The first-order valence-electron chi connectivity index (χ1n) is 6.90. The third kappa shape index (κ3) is 2.17. The van der Waals surface area contributed by atoms with E-state index in [1.807, 2.05) is 0 Å². The molecule has 0 bridgehead atoms. The summed E-state index contributed by atoms with van der Waals surface area (Å²) in [4.78, 5) is 14.1. The molecule has 16 heavy (non-hydrogen) atoms. The summed E-state index contributed by atoms with van der Waals surface area (Å²) < 4.78 is 0. The Bertz CT molecular complexity index is 263. The van der Waals surface area contributed by atoms with E-state index >= 15 is 0 Å². The fourth-order valence-corrected chi connectivity index (χ4v) is 3.66. The summed E-state index contributed by atoms with van der Waals surface area (Å²) in [6, 6.07) is 0.750. The second-order valence-corrected chi connectivity index (χ2v) is 5.78. The molecule has 0 radical (unpaired) electrons. The molecule has 92 valence electrons. The second kappa shape index (κ2) is 4.87. The van der Waals surface area contributed by atoms with Crippen molar-refractivity contribution in [1.29, 1.82) is 0 Å². The van der Waals surface area contributed by atoms with E-state index in [0.717, 1.165) is 37.4 Å². The Morgan fingerprint density at radius 3 is 2.62 bits per heavy atom. The van der Waals surface area contributed by atoms with Gasteiger partial charge in [0.1, 0.15) is 5.78 Å². The number of likely N-dealkylation sites (tertiary alicyclic amines) is 1. The molecule has 2 rings (SSSR count). The van der Waals surface area contributed by atoms with Crippen LogP contribution in [0.4, 0.5) is 0 Å². The molecule has 1 aliphatic heterocycles. The van der Waals surface area contributed by atoms with Crippen LogP contribution in [0.2, 0.25) is 0 Å². The Kier molecular flexibility index (Phi) is 3.68. The number of Topliss-reactive ketones (excluding diaryl/α,β-unsaturated/α-hetero) is 1. The van der Waals surface area contributed by atoms with E-state index in [1.165, 1.54) is 19.3 Å². The molecule has 2 aliphatic rings. The fourth-order valence-electron chi connectivity index (χ4n) is 3.66. The van der Waals surface area contributed by atoms with Crippen molar-refractivity contribution in [3.05, 3.63) is 0 Å². The number of carbonyl (C=O) groups is 1. The zero-order valence-corrected chi connectivity index (χ0v) is 10.9. The molecule has 0 spiro atoms. The van der Waals surface area contributed by atoms with Crippen molar-refractivity contribution in [1.82, 2.24) is 4.90 Å². The summed E-state index contributed by atoms with van der Waals surface area (Å²) >= 11 is 0. The molecule has 2 heteroatoms. The van der Waals surface area contributed by atoms with Gasteiger partial charge >= 0.3 is 0 Å². The number of piperidine rings is 1. The van der Waals surface area contributed by atoms with Crippen molar-refractivity contribution in [2.45, 2.75) is 52.5 Å². The molecular formula is C14H25NO. The van der Waals surface area contributed by atoms with E-state index in [1.54, 1.807) is 0 Å². The Hall–Kier alpha value is -0.370. The summed E-state index contributed by atoms with van der Waals surface area (Å²) in [5, 5.41) is 0. The van der Waals surface area contributed by atoms with Crippen LogP contribution in [0.15, 0.2) is 0 Å². The largest absolute Gasteiger partial charge is 0.299 e. The third-order valence-corrected chi connectivity index (χ3v) is 4.88. The molecule has 0 aromatic heterocycles. The zero-order valence-electron chi connectivity index (χ0n) is 10.9. The average molecular weight is 223 g/mol. The van der Waals surface area contributed by atoms with Crippen molar-refractivity contribution in [3.8, 4) is 0 Å². The van der Waals surface area contributed by atoms with E-state index in [4.69, 9.17) is 0 Å². The highest BCUT2D eigenvalue weighted by Gasteiger charge is 2.37. The predicted molar refractivity (Wildman–Crippen MR) is 66.3 cm³/mol. The van der Waals surface area contributed by atoms with Crippen molar-refractivity contribution in [3.63, 3.8) is 0 Å². The standard InChI is InChI=1S/C14H25NO/c1-4-12-5-6-13(11(12)3)15-8-7-14(16)10(2)9-15/h10-13H,4-9H2,1-3H3. The van der Waals surface area contributed by atoms with Gasteiger partial charge in [0.15, 0.2) is 0 Å². The first-order valence-corrected chi connectivity index (χ1v) is 6.90. The minimum Gasteiger partial charge on any atom is -0.299 e. The minimum atomic E-state index is 0.265. The Morgan fingerprint density at radius 1 is 1.31 bits per heavy atom. The molecule has 4 atom stereocenters. The molecule has 1 saturated carbocycles. The van der Waals surface area contributed by atoms with Crippen LogP contribution in [0.5, 0.6) is 0 Å². The maximum Gasteiger partial charge on any atom is 0.138 e. The summed E-state index contributed by atoms with van der Waals surface area (Å²) in [5.74, 6) is 2.47. The second-order valence-electron chi connectivity index (χ2n) is 5.78. The van der Waals surface area contributed by atoms with Crippen molar-refractivity contribution < 1.29 is 4.79 Å². The van der Waals surface area contributed by atoms with Gasteiger partial charge in [-0.1, -0.05) is 27.2 Å². The molecule has 0 N–H and O–H groups in total. The number of hydrogen-bond acceptors (Lipinski definition) is 2. The van der Waals surface area contributed by atoms with Crippen LogP contribution < -0.4 is 0 Å². The van der Waals surface area contributed by atoms with E-state index in [2.05, 4.69) is 25.7 Å². The lowest BCUT2D eigenvalue weighted by atomic mass is 9.90. The van der Waals surface area contributed by atoms with E-state index in [0.29, 0.717) is 5.78 Å². The van der Waals surface area contributed by atoms with Crippen LogP contribution in [0.1, 0.15) is 46.5 Å². The predicted octanol–water partition coefficient (Wildman–Crippen LogP) is 2.72. The number of rotatable bonds is 2. The first kappa shape index (κ1) is 12.1. The Labute approximate surface area is 99.4 Å². The number of carbonyl (C=O) groups excluding carboxylic acids is 1. The van der Waals surface area contributed by atoms with Crippen LogP contribution in [0.25, 0.3) is 0 Å². The lowest BCUT2D eigenvalue weighted by Gasteiger charge is -2.37. The normalized spacial score (nSPS) is 41.6. The van der Waals surface area contributed by atoms with Gasteiger partial charge in [0, 0.05) is 31.5 Å². The Morgan fingerprint density at radius 2 is 2.06 bits per heavy atom. The monoisotopic (exact) mass is 223 g/mol.